The molecular formula is C54H107O10P. The Morgan fingerprint density at radius 3 is 0.954 bits per heavy atom. The van der Waals surface area contributed by atoms with Crippen LogP contribution in [-0.2, 0) is 32.7 Å². The van der Waals surface area contributed by atoms with Crippen LogP contribution in [0.15, 0.2) is 0 Å². The molecule has 3 atom stereocenters. The predicted molar refractivity (Wildman–Crippen MR) is 270 cm³/mol. The first-order chi connectivity index (χ1) is 31.7. The average molecular weight is 947 g/mol. The van der Waals surface area contributed by atoms with Crippen LogP contribution in [-0.4, -0.2) is 65.7 Å². The van der Waals surface area contributed by atoms with Crippen LogP contribution < -0.4 is 0 Å². The average Bonchev–Trinajstić information content (AvgIpc) is 3.30. The lowest BCUT2D eigenvalue weighted by Crippen LogP contribution is -2.29. The first kappa shape index (κ1) is 64.0. The molecule has 11 heteroatoms. The minimum atomic E-state index is -4.62. The largest absolute Gasteiger partial charge is 0.472 e. The number of ether oxygens (including phenoxy) is 2. The number of aliphatic hydroxyl groups excluding tert-OH is 2. The van der Waals surface area contributed by atoms with Crippen molar-refractivity contribution in [3.8, 4) is 0 Å². The Morgan fingerprint density at radius 2 is 0.662 bits per heavy atom. The highest BCUT2D eigenvalue weighted by Crippen LogP contribution is 2.43. The minimum absolute atomic E-state index is 0.193. The molecule has 0 heterocycles. The van der Waals surface area contributed by atoms with E-state index in [0.29, 0.717) is 12.8 Å². The molecule has 0 saturated carbocycles. The van der Waals surface area contributed by atoms with E-state index in [1.54, 1.807) is 0 Å². The van der Waals surface area contributed by atoms with Gasteiger partial charge >= 0.3 is 19.8 Å². The van der Waals surface area contributed by atoms with Crippen LogP contribution in [0.5, 0.6) is 0 Å². The van der Waals surface area contributed by atoms with Crippen molar-refractivity contribution >= 4 is 19.8 Å². The van der Waals surface area contributed by atoms with E-state index < -0.39 is 51.8 Å². The molecule has 0 aliphatic carbocycles. The van der Waals surface area contributed by atoms with Gasteiger partial charge in [0.25, 0.3) is 0 Å². The predicted octanol–water partition coefficient (Wildman–Crippen LogP) is 16.1. The Bertz CT molecular complexity index is 1040. The molecule has 0 fully saturated rings. The van der Waals surface area contributed by atoms with E-state index in [1.165, 1.54) is 225 Å². The third-order valence-electron chi connectivity index (χ3n) is 12.8. The summed E-state index contributed by atoms with van der Waals surface area (Å²) in [6.07, 6.45) is 52.2. The smallest absolute Gasteiger partial charge is 0.462 e. The van der Waals surface area contributed by atoms with Crippen LogP contribution >= 0.6 is 7.82 Å². The second kappa shape index (κ2) is 50.8. The summed E-state index contributed by atoms with van der Waals surface area (Å²) in [5, 5.41) is 18.4. The van der Waals surface area contributed by atoms with Gasteiger partial charge in [0.2, 0.25) is 0 Å². The van der Waals surface area contributed by atoms with Gasteiger partial charge in [0.1, 0.15) is 12.7 Å². The van der Waals surface area contributed by atoms with Crippen LogP contribution in [0.3, 0.4) is 0 Å². The zero-order valence-corrected chi connectivity index (χ0v) is 43.6. The van der Waals surface area contributed by atoms with Gasteiger partial charge in [-0.3, -0.25) is 18.6 Å². The number of carbonyl (C=O) groups is 2. The van der Waals surface area contributed by atoms with E-state index in [4.69, 9.17) is 23.6 Å². The van der Waals surface area contributed by atoms with Crippen molar-refractivity contribution in [2.45, 2.75) is 309 Å². The summed E-state index contributed by atoms with van der Waals surface area (Å²) in [6, 6.07) is 0. The van der Waals surface area contributed by atoms with Gasteiger partial charge in [-0.2, -0.15) is 0 Å². The summed E-state index contributed by atoms with van der Waals surface area (Å²) >= 11 is 0. The van der Waals surface area contributed by atoms with Gasteiger partial charge in [0, 0.05) is 12.8 Å². The fraction of sp³-hybridized carbons (Fsp3) is 0.963. The third-order valence-corrected chi connectivity index (χ3v) is 13.7. The Balaban J connectivity index is 4.05. The van der Waals surface area contributed by atoms with Gasteiger partial charge in [-0.15, -0.1) is 0 Å². The van der Waals surface area contributed by atoms with E-state index in [1.807, 2.05) is 0 Å². The van der Waals surface area contributed by atoms with E-state index in [9.17, 15) is 24.2 Å². The summed E-state index contributed by atoms with van der Waals surface area (Å²) in [7, 11) is -4.62. The van der Waals surface area contributed by atoms with E-state index >= 15 is 0 Å². The number of carbonyl (C=O) groups excluding carboxylic acids is 2. The molecule has 10 nitrogen and oxygen atoms in total. The molecule has 388 valence electrons. The lowest BCUT2D eigenvalue weighted by Gasteiger charge is -2.20. The highest BCUT2D eigenvalue weighted by atomic mass is 31.2. The molecule has 0 radical (unpaired) electrons. The Morgan fingerprint density at radius 1 is 0.400 bits per heavy atom. The second-order valence-corrected chi connectivity index (χ2v) is 20.8. The number of hydrogen-bond donors (Lipinski definition) is 3. The molecule has 3 N–H and O–H groups in total. The lowest BCUT2D eigenvalue weighted by atomic mass is 10.0. The van der Waals surface area contributed by atoms with Crippen LogP contribution in [0.1, 0.15) is 296 Å². The minimum Gasteiger partial charge on any atom is -0.462 e. The van der Waals surface area contributed by atoms with E-state index in [0.717, 1.165) is 32.1 Å². The van der Waals surface area contributed by atoms with Crippen molar-refractivity contribution in [2.24, 2.45) is 0 Å². The molecule has 0 spiro atoms. The molecule has 0 aliphatic rings. The molecule has 65 heavy (non-hydrogen) atoms. The van der Waals surface area contributed by atoms with Gasteiger partial charge in [0.05, 0.1) is 19.8 Å². The highest BCUT2D eigenvalue weighted by Gasteiger charge is 2.27. The summed E-state index contributed by atoms with van der Waals surface area (Å²) in [5.41, 5.74) is 0. The summed E-state index contributed by atoms with van der Waals surface area (Å²) < 4.78 is 33.0. The Kier molecular flexibility index (Phi) is 50.0. The zero-order chi connectivity index (χ0) is 47.6. The number of phosphoric acid groups is 1. The van der Waals surface area contributed by atoms with Crippen molar-refractivity contribution in [1.82, 2.24) is 0 Å². The van der Waals surface area contributed by atoms with Gasteiger partial charge in [-0.25, -0.2) is 4.57 Å². The lowest BCUT2D eigenvalue weighted by molar-refractivity contribution is -0.161. The molecule has 0 aromatic rings. The second-order valence-electron chi connectivity index (χ2n) is 19.3. The fourth-order valence-electron chi connectivity index (χ4n) is 8.47. The molecule has 0 aromatic heterocycles. The maximum absolute atomic E-state index is 12.7. The number of esters is 2. The summed E-state index contributed by atoms with van der Waals surface area (Å²) in [5.74, 6) is -0.899. The Labute approximate surface area is 401 Å². The fourth-order valence-corrected chi connectivity index (χ4v) is 9.26. The first-order valence-corrected chi connectivity index (χ1v) is 29.5. The van der Waals surface area contributed by atoms with Crippen LogP contribution in [0, 0.1) is 0 Å². The van der Waals surface area contributed by atoms with Crippen LogP contribution in [0.2, 0.25) is 0 Å². The third kappa shape index (κ3) is 50.7. The highest BCUT2D eigenvalue weighted by molar-refractivity contribution is 7.47. The molecular weight excluding hydrogens is 840 g/mol. The van der Waals surface area contributed by atoms with Crippen LogP contribution in [0.4, 0.5) is 0 Å². The van der Waals surface area contributed by atoms with Gasteiger partial charge in [-0.1, -0.05) is 271 Å². The first-order valence-electron chi connectivity index (χ1n) is 28.0. The maximum Gasteiger partial charge on any atom is 0.472 e. The summed E-state index contributed by atoms with van der Waals surface area (Å²) in [4.78, 5) is 35.3. The molecule has 0 aliphatic heterocycles. The molecule has 1 unspecified atom stereocenters. The van der Waals surface area contributed by atoms with Crippen molar-refractivity contribution < 1.29 is 47.8 Å². The quantitative estimate of drug-likeness (QED) is 0.0306. The van der Waals surface area contributed by atoms with E-state index in [2.05, 4.69) is 13.8 Å². The van der Waals surface area contributed by atoms with Crippen molar-refractivity contribution in [1.29, 1.82) is 0 Å². The van der Waals surface area contributed by atoms with Crippen molar-refractivity contribution in [2.75, 3.05) is 26.4 Å². The molecule has 0 amide bonds. The van der Waals surface area contributed by atoms with Gasteiger partial charge in [-0.05, 0) is 12.8 Å². The number of unbranched alkanes of at least 4 members (excludes halogenated alkanes) is 40. The number of phosphoric ester groups is 1. The van der Waals surface area contributed by atoms with Crippen LogP contribution in [0.25, 0.3) is 0 Å². The summed E-state index contributed by atoms with van der Waals surface area (Å²) in [6.45, 7) is 2.47. The Hall–Kier alpha value is -1.03. The molecule has 0 aromatic carbocycles. The maximum atomic E-state index is 12.7. The molecule has 0 rings (SSSR count). The normalized spacial score (nSPS) is 13.5. The van der Waals surface area contributed by atoms with Crippen molar-refractivity contribution in [3.63, 3.8) is 0 Å². The van der Waals surface area contributed by atoms with Crippen molar-refractivity contribution in [3.05, 3.63) is 0 Å². The molecule has 0 bridgehead atoms. The molecule has 0 saturated heterocycles. The standard InChI is InChI=1S/C54H107O10P/c1-3-5-7-9-11-13-15-17-19-21-23-24-25-26-28-29-31-33-35-37-39-41-43-45-53(57)61-49-52(50-63-65(59,60)62-48-51(56)47-55)64-54(58)46-44-42-40-38-36-34-32-30-27-22-20-18-16-14-12-10-8-6-4-2/h51-52,55-56H,3-50H2,1-2H3,(H,59,60)/t51-,52+/m0/s1. The SMILES string of the molecule is CCCCCCCCCCCCCCCCCCCCCCCCCC(=O)OC[C@H](COP(=O)(O)OC[C@@H](O)CO)OC(=O)CCCCCCCCCCCCCCCCCCCCC. The number of rotatable bonds is 54. The topological polar surface area (TPSA) is 149 Å². The number of aliphatic hydroxyl groups is 2. The van der Waals surface area contributed by atoms with Gasteiger partial charge in [0.15, 0.2) is 6.10 Å². The zero-order valence-electron chi connectivity index (χ0n) is 42.7. The number of hydrogen-bond acceptors (Lipinski definition) is 9. The van der Waals surface area contributed by atoms with Gasteiger partial charge < -0.3 is 24.6 Å². The van der Waals surface area contributed by atoms with E-state index in [-0.39, 0.29) is 19.4 Å². The monoisotopic (exact) mass is 947 g/mol.